The molecule has 1 atom stereocenters. The number of halogens is 1. The van der Waals surface area contributed by atoms with Crippen LogP contribution in [0.1, 0.15) is 19.3 Å². The van der Waals surface area contributed by atoms with Gasteiger partial charge in [-0.25, -0.2) is 0 Å². The van der Waals surface area contributed by atoms with Crippen LogP contribution in [-0.2, 0) is 0 Å². The van der Waals surface area contributed by atoms with E-state index in [0.29, 0.717) is 0 Å². The summed E-state index contributed by atoms with van der Waals surface area (Å²) < 4.78 is 0. The standard InChI is InChI=1S/C6H10O.CH3Br/c7-6-4-2-1-3-5-6;1-2/h1-2,6-7H,3-5H2;1H3/t6-;/m1./s1. The molecular formula is C7H13BrO. The van der Waals surface area contributed by atoms with Crippen molar-refractivity contribution in [2.24, 2.45) is 0 Å². The van der Waals surface area contributed by atoms with Gasteiger partial charge in [0.05, 0.1) is 6.10 Å². The molecule has 0 fully saturated rings. The van der Waals surface area contributed by atoms with Crippen LogP contribution in [0.25, 0.3) is 0 Å². The van der Waals surface area contributed by atoms with Gasteiger partial charge in [0.2, 0.25) is 0 Å². The fourth-order valence-corrected chi connectivity index (χ4v) is 0.778. The molecule has 54 valence electrons. The first-order chi connectivity index (χ1) is 4.39. The van der Waals surface area contributed by atoms with Crippen LogP contribution in [0.3, 0.4) is 0 Å². The van der Waals surface area contributed by atoms with Crippen LogP contribution in [0.2, 0.25) is 0 Å². The van der Waals surface area contributed by atoms with E-state index in [0.717, 1.165) is 19.3 Å². The number of alkyl halides is 1. The van der Waals surface area contributed by atoms with Gasteiger partial charge in [0.1, 0.15) is 0 Å². The molecule has 1 rings (SSSR count). The quantitative estimate of drug-likeness (QED) is 0.461. The number of hydrogen-bond donors (Lipinski definition) is 1. The molecule has 0 aliphatic heterocycles. The SMILES string of the molecule is CBr.O[C@@H]1CC=CCC1. The lowest BCUT2D eigenvalue weighted by Gasteiger charge is -2.08. The maximum atomic E-state index is 8.86. The van der Waals surface area contributed by atoms with E-state index < -0.39 is 0 Å². The second-order valence-electron chi connectivity index (χ2n) is 1.94. The minimum absolute atomic E-state index is 0.0509. The molecule has 1 aliphatic rings. The normalized spacial score (nSPS) is 24.6. The van der Waals surface area contributed by atoms with Crippen molar-refractivity contribution >= 4 is 15.9 Å². The van der Waals surface area contributed by atoms with Crippen LogP contribution in [0.15, 0.2) is 12.2 Å². The van der Waals surface area contributed by atoms with Gasteiger partial charge in [-0.15, -0.1) is 0 Å². The van der Waals surface area contributed by atoms with Crippen molar-refractivity contribution in [2.45, 2.75) is 25.4 Å². The van der Waals surface area contributed by atoms with E-state index in [1.54, 1.807) is 0 Å². The Morgan fingerprint density at radius 1 is 1.44 bits per heavy atom. The maximum Gasteiger partial charge on any atom is 0.0577 e. The summed E-state index contributed by atoms with van der Waals surface area (Å²) >= 11 is 2.94. The molecule has 0 aromatic carbocycles. The van der Waals surface area contributed by atoms with Gasteiger partial charge in [-0.2, -0.15) is 0 Å². The lowest BCUT2D eigenvalue weighted by molar-refractivity contribution is 0.164. The third kappa shape index (κ3) is 4.67. The first kappa shape index (κ1) is 9.18. The predicted molar refractivity (Wildman–Crippen MR) is 43.8 cm³/mol. The van der Waals surface area contributed by atoms with Crippen LogP contribution in [0.5, 0.6) is 0 Å². The van der Waals surface area contributed by atoms with E-state index in [-0.39, 0.29) is 6.10 Å². The second kappa shape index (κ2) is 6.30. The maximum absolute atomic E-state index is 8.86. The molecule has 0 saturated heterocycles. The number of aliphatic hydroxyl groups excluding tert-OH is 1. The minimum Gasteiger partial charge on any atom is -0.393 e. The largest absolute Gasteiger partial charge is 0.393 e. The molecule has 1 nitrogen and oxygen atoms in total. The van der Waals surface area contributed by atoms with E-state index in [4.69, 9.17) is 5.11 Å². The molecule has 0 aromatic rings. The molecule has 0 heterocycles. The summed E-state index contributed by atoms with van der Waals surface area (Å²) in [7, 11) is 0. The van der Waals surface area contributed by atoms with Gasteiger partial charge in [0.25, 0.3) is 0 Å². The second-order valence-corrected chi connectivity index (χ2v) is 1.94. The van der Waals surface area contributed by atoms with Crippen molar-refractivity contribution in [1.29, 1.82) is 0 Å². The summed E-state index contributed by atoms with van der Waals surface area (Å²) in [5, 5.41) is 8.86. The van der Waals surface area contributed by atoms with E-state index in [2.05, 4.69) is 22.0 Å². The Bertz CT molecular complexity index is 81.0. The lowest BCUT2D eigenvalue weighted by Crippen LogP contribution is -2.06. The van der Waals surface area contributed by atoms with E-state index in [1.165, 1.54) is 0 Å². The van der Waals surface area contributed by atoms with Crippen LogP contribution in [-0.4, -0.2) is 17.0 Å². The van der Waals surface area contributed by atoms with E-state index >= 15 is 0 Å². The van der Waals surface area contributed by atoms with Gasteiger partial charge in [-0.05, 0) is 25.1 Å². The van der Waals surface area contributed by atoms with Crippen LogP contribution in [0, 0.1) is 0 Å². The number of allylic oxidation sites excluding steroid dienone is 1. The number of aliphatic hydroxyl groups is 1. The minimum atomic E-state index is -0.0509. The zero-order valence-electron chi connectivity index (χ0n) is 5.68. The summed E-state index contributed by atoms with van der Waals surface area (Å²) in [6, 6.07) is 0. The molecule has 0 saturated carbocycles. The number of hydrogen-bond acceptors (Lipinski definition) is 1. The molecule has 0 aromatic heterocycles. The highest BCUT2D eigenvalue weighted by atomic mass is 79.9. The molecular weight excluding hydrogens is 180 g/mol. The van der Waals surface area contributed by atoms with Gasteiger partial charge in [0.15, 0.2) is 0 Å². The smallest absolute Gasteiger partial charge is 0.0577 e. The van der Waals surface area contributed by atoms with E-state index in [1.807, 2.05) is 11.9 Å². The van der Waals surface area contributed by atoms with Crippen molar-refractivity contribution in [3.05, 3.63) is 12.2 Å². The summed E-state index contributed by atoms with van der Waals surface area (Å²) in [6.45, 7) is 0. The fraction of sp³-hybridized carbons (Fsp3) is 0.714. The molecule has 0 bridgehead atoms. The Morgan fingerprint density at radius 2 is 2.11 bits per heavy atom. The monoisotopic (exact) mass is 192 g/mol. The molecule has 9 heavy (non-hydrogen) atoms. The number of rotatable bonds is 0. The fourth-order valence-electron chi connectivity index (χ4n) is 0.778. The highest BCUT2D eigenvalue weighted by Crippen LogP contribution is 2.08. The van der Waals surface area contributed by atoms with E-state index in [9.17, 15) is 0 Å². The molecule has 0 spiro atoms. The summed E-state index contributed by atoms with van der Waals surface area (Å²) in [6.07, 6.45) is 6.98. The van der Waals surface area contributed by atoms with Crippen LogP contribution in [0.4, 0.5) is 0 Å². The molecule has 1 N–H and O–H groups in total. The Morgan fingerprint density at radius 3 is 2.33 bits per heavy atom. The van der Waals surface area contributed by atoms with Gasteiger partial charge >= 0.3 is 0 Å². The highest BCUT2D eigenvalue weighted by molar-refractivity contribution is 9.08. The van der Waals surface area contributed by atoms with Gasteiger partial charge in [0, 0.05) is 0 Å². The predicted octanol–water partition coefficient (Wildman–Crippen LogP) is 2.10. The highest BCUT2D eigenvalue weighted by Gasteiger charge is 2.02. The van der Waals surface area contributed by atoms with Crippen molar-refractivity contribution in [2.75, 3.05) is 5.83 Å². The average Bonchev–Trinajstić information content (AvgIpc) is 1.94. The molecule has 1 aliphatic carbocycles. The zero-order valence-corrected chi connectivity index (χ0v) is 7.26. The van der Waals surface area contributed by atoms with Gasteiger partial charge in [-0.1, -0.05) is 28.1 Å². The Balaban J connectivity index is 0.000000291. The molecule has 0 unspecified atom stereocenters. The topological polar surface area (TPSA) is 20.2 Å². The first-order valence-electron chi connectivity index (χ1n) is 3.10. The van der Waals surface area contributed by atoms with Crippen molar-refractivity contribution in [3.63, 3.8) is 0 Å². The van der Waals surface area contributed by atoms with Crippen molar-refractivity contribution in [3.8, 4) is 0 Å². The molecule has 2 heteroatoms. The Hall–Kier alpha value is 0.180. The Labute approximate surface area is 64.9 Å². The average molecular weight is 193 g/mol. The zero-order chi connectivity index (χ0) is 7.11. The van der Waals surface area contributed by atoms with Gasteiger partial charge < -0.3 is 5.11 Å². The summed E-state index contributed by atoms with van der Waals surface area (Å²) in [5.41, 5.74) is 0. The lowest BCUT2D eigenvalue weighted by atomic mass is 10.1. The molecule has 0 amide bonds. The molecule has 0 radical (unpaired) electrons. The summed E-state index contributed by atoms with van der Waals surface area (Å²) in [5.74, 6) is 1.81. The Kier molecular flexibility index (Phi) is 6.43. The van der Waals surface area contributed by atoms with Gasteiger partial charge in [-0.3, -0.25) is 0 Å². The summed E-state index contributed by atoms with van der Waals surface area (Å²) in [4.78, 5) is 0. The van der Waals surface area contributed by atoms with Crippen LogP contribution < -0.4 is 0 Å². The third-order valence-corrected chi connectivity index (χ3v) is 1.24. The third-order valence-electron chi connectivity index (χ3n) is 1.24. The van der Waals surface area contributed by atoms with Crippen LogP contribution >= 0.6 is 15.9 Å². The van der Waals surface area contributed by atoms with Crippen molar-refractivity contribution in [1.82, 2.24) is 0 Å². The first-order valence-corrected chi connectivity index (χ1v) is 4.69. The van der Waals surface area contributed by atoms with Crippen molar-refractivity contribution < 1.29 is 5.11 Å².